The SMILES string of the molecule is CCOc1ccc(OC(C)C(=O)NNC(=O)C2(c3cccc(C(F)(F)F)c3)CCOCC2)cc1. The number of carbonyl (C=O) groups excluding carboxylic acids is 2. The molecule has 2 aromatic carbocycles. The van der Waals surface area contributed by atoms with Crippen LogP contribution in [-0.2, 0) is 25.9 Å². The maximum atomic E-state index is 13.2. The smallest absolute Gasteiger partial charge is 0.416 e. The van der Waals surface area contributed by atoms with E-state index in [9.17, 15) is 22.8 Å². The van der Waals surface area contributed by atoms with Crippen LogP contribution in [0.2, 0.25) is 0 Å². The summed E-state index contributed by atoms with van der Waals surface area (Å²) in [6.45, 7) is 4.30. The molecule has 1 unspecified atom stereocenters. The Kier molecular flexibility index (Phi) is 8.03. The molecule has 0 bridgehead atoms. The molecule has 10 heteroatoms. The third-order valence-electron chi connectivity index (χ3n) is 5.64. The lowest BCUT2D eigenvalue weighted by molar-refractivity contribution is -0.138. The van der Waals surface area contributed by atoms with Crippen molar-refractivity contribution in [2.24, 2.45) is 0 Å². The van der Waals surface area contributed by atoms with Gasteiger partial charge in [-0.05, 0) is 62.6 Å². The predicted molar refractivity (Wildman–Crippen MR) is 117 cm³/mol. The molecule has 1 heterocycles. The van der Waals surface area contributed by atoms with E-state index in [1.165, 1.54) is 19.1 Å². The minimum atomic E-state index is -4.54. The molecular weight excluding hydrogens is 453 g/mol. The van der Waals surface area contributed by atoms with Crippen LogP contribution in [0, 0.1) is 0 Å². The Hall–Kier alpha value is -3.27. The lowest BCUT2D eigenvalue weighted by Gasteiger charge is -2.36. The van der Waals surface area contributed by atoms with Gasteiger partial charge in [-0.15, -0.1) is 0 Å². The fourth-order valence-corrected chi connectivity index (χ4v) is 3.74. The van der Waals surface area contributed by atoms with Crippen LogP contribution in [0.4, 0.5) is 13.2 Å². The number of carbonyl (C=O) groups is 2. The zero-order chi connectivity index (χ0) is 24.8. The fraction of sp³-hybridized carbons (Fsp3) is 0.417. The summed E-state index contributed by atoms with van der Waals surface area (Å²) in [7, 11) is 0. The van der Waals surface area contributed by atoms with Gasteiger partial charge in [0.1, 0.15) is 11.5 Å². The van der Waals surface area contributed by atoms with E-state index >= 15 is 0 Å². The molecule has 7 nitrogen and oxygen atoms in total. The van der Waals surface area contributed by atoms with Crippen LogP contribution in [0.25, 0.3) is 0 Å². The monoisotopic (exact) mass is 480 g/mol. The number of amides is 2. The molecule has 0 spiro atoms. The molecule has 2 amide bonds. The van der Waals surface area contributed by atoms with Crippen molar-refractivity contribution in [3.63, 3.8) is 0 Å². The first-order valence-electron chi connectivity index (χ1n) is 10.9. The fourth-order valence-electron chi connectivity index (χ4n) is 3.74. The molecule has 0 radical (unpaired) electrons. The summed E-state index contributed by atoms with van der Waals surface area (Å²) >= 11 is 0. The molecule has 2 N–H and O–H groups in total. The Morgan fingerprint density at radius 3 is 2.32 bits per heavy atom. The number of halogens is 3. The maximum absolute atomic E-state index is 13.2. The first-order valence-corrected chi connectivity index (χ1v) is 10.9. The van der Waals surface area contributed by atoms with Gasteiger partial charge in [-0.3, -0.25) is 20.4 Å². The van der Waals surface area contributed by atoms with Crippen LogP contribution in [0.1, 0.15) is 37.8 Å². The van der Waals surface area contributed by atoms with Crippen LogP contribution in [0.15, 0.2) is 48.5 Å². The molecule has 1 fully saturated rings. The number of hydrogen-bond donors (Lipinski definition) is 2. The molecule has 2 aromatic rings. The van der Waals surface area contributed by atoms with Crippen LogP contribution in [-0.4, -0.2) is 37.7 Å². The molecule has 34 heavy (non-hydrogen) atoms. The zero-order valence-electron chi connectivity index (χ0n) is 18.9. The largest absolute Gasteiger partial charge is 0.494 e. The van der Waals surface area contributed by atoms with Crippen LogP contribution >= 0.6 is 0 Å². The second-order valence-electron chi connectivity index (χ2n) is 7.88. The van der Waals surface area contributed by atoms with E-state index in [-0.39, 0.29) is 31.6 Å². The van der Waals surface area contributed by atoms with Crippen molar-refractivity contribution < 1.29 is 37.0 Å². The van der Waals surface area contributed by atoms with E-state index in [4.69, 9.17) is 14.2 Å². The summed E-state index contributed by atoms with van der Waals surface area (Å²) in [4.78, 5) is 25.6. The van der Waals surface area contributed by atoms with E-state index in [0.717, 1.165) is 12.1 Å². The lowest BCUT2D eigenvalue weighted by atomic mass is 9.73. The van der Waals surface area contributed by atoms with Gasteiger partial charge in [-0.2, -0.15) is 13.2 Å². The highest BCUT2D eigenvalue weighted by atomic mass is 19.4. The number of hydrazine groups is 1. The summed E-state index contributed by atoms with van der Waals surface area (Å²) < 4.78 is 56.0. The third-order valence-corrected chi connectivity index (χ3v) is 5.64. The van der Waals surface area contributed by atoms with E-state index < -0.39 is 35.1 Å². The van der Waals surface area contributed by atoms with E-state index in [1.807, 2.05) is 6.92 Å². The van der Waals surface area contributed by atoms with Crippen molar-refractivity contribution >= 4 is 11.8 Å². The summed E-state index contributed by atoms with van der Waals surface area (Å²) in [6.07, 6.45) is -5.14. The Bertz CT molecular complexity index is 989. The first kappa shape index (κ1) is 25.4. The highest BCUT2D eigenvalue weighted by Crippen LogP contribution is 2.38. The number of rotatable bonds is 7. The normalized spacial score (nSPS) is 16.3. The second-order valence-corrected chi connectivity index (χ2v) is 7.88. The molecule has 184 valence electrons. The van der Waals surface area contributed by atoms with Crippen molar-refractivity contribution in [1.82, 2.24) is 10.9 Å². The number of ether oxygens (including phenoxy) is 3. The summed E-state index contributed by atoms with van der Waals surface area (Å²) in [5.74, 6) is -0.136. The van der Waals surface area contributed by atoms with Gasteiger partial charge in [0, 0.05) is 13.2 Å². The third kappa shape index (κ3) is 5.99. The standard InChI is InChI=1S/C24H27F3N2O5/c1-3-33-19-7-9-20(10-8-19)34-16(2)21(30)28-29-22(31)23(11-13-32-14-12-23)17-5-4-6-18(15-17)24(25,26)27/h4-10,15-16H,3,11-14H2,1-2H3,(H,28,30)(H,29,31). The van der Waals surface area contributed by atoms with Crippen molar-refractivity contribution in [3.8, 4) is 11.5 Å². The molecule has 0 aliphatic carbocycles. The molecule has 1 aliphatic rings. The maximum Gasteiger partial charge on any atom is 0.416 e. The van der Waals surface area contributed by atoms with Gasteiger partial charge in [0.25, 0.3) is 5.91 Å². The van der Waals surface area contributed by atoms with Crippen LogP contribution in [0.5, 0.6) is 11.5 Å². The number of benzene rings is 2. The quantitative estimate of drug-likeness (QED) is 0.590. The molecule has 0 saturated carbocycles. The number of nitrogens with one attached hydrogen (secondary N) is 2. The van der Waals surface area contributed by atoms with E-state index in [1.54, 1.807) is 24.3 Å². The molecule has 1 saturated heterocycles. The van der Waals surface area contributed by atoms with Gasteiger partial charge in [0.05, 0.1) is 17.6 Å². The summed E-state index contributed by atoms with van der Waals surface area (Å²) in [5, 5.41) is 0. The highest BCUT2D eigenvalue weighted by molar-refractivity contribution is 5.91. The van der Waals surface area contributed by atoms with Gasteiger partial charge < -0.3 is 14.2 Å². The minimum Gasteiger partial charge on any atom is -0.494 e. The van der Waals surface area contributed by atoms with Gasteiger partial charge in [-0.1, -0.05) is 18.2 Å². The van der Waals surface area contributed by atoms with Crippen molar-refractivity contribution in [1.29, 1.82) is 0 Å². The highest BCUT2D eigenvalue weighted by Gasteiger charge is 2.43. The Morgan fingerprint density at radius 2 is 1.71 bits per heavy atom. The van der Waals surface area contributed by atoms with Crippen molar-refractivity contribution in [2.45, 2.75) is 44.4 Å². The van der Waals surface area contributed by atoms with Gasteiger partial charge in [0.15, 0.2) is 6.10 Å². The molecule has 0 aromatic heterocycles. The molecule has 1 aliphatic heterocycles. The van der Waals surface area contributed by atoms with Crippen molar-refractivity contribution in [3.05, 3.63) is 59.7 Å². The van der Waals surface area contributed by atoms with Crippen molar-refractivity contribution in [2.75, 3.05) is 19.8 Å². The molecule has 3 rings (SSSR count). The van der Waals surface area contributed by atoms with Gasteiger partial charge in [0.2, 0.25) is 5.91 Å². The Morgan fingerprint density at radius 1 is 1.06 bits per heavy atom. The average molecular weight is 480 g/mol. The Balaban J connectivity index is 1.67. The summed E-state index contributed by atoms with van der Waals surface area (Å²) in [6, 6.07) is 11.4. The van der Waals surface area contributed by atoms with E-state index in [0.29, 0.717) is 18.1 Å². The molecular formula is C24H27F3N2O5. The van der Waals surface area contributed by atoms with Gasteiger partial charge in [-0.25, -0.2) is 0 Å². The summed E-state index contributed by atoms with van der Waals surface area (Å²) in [5.41, 5.74) is 2.79. The van der Waals surface area contributed by atoms with Crippen LogP contribution < -0.4 is 20.3 Å². The van der Waals surface area contributed by atoms with E-state index in [2.05, 4.69) is 10.9 Å². The first-order chi connectivity index (χ1) is 16.2. The average Bonchev–Trinajstić information content (AvgIpc) is 2.83. The Labute approximate surface area is 195 Å². The minimum absolute atomic E-state index is 0.175. The predicted octanol–water partition coefficient (Wildman–Crippen LogP) is 3.77. The van der Waals surface area contributed by atoms with Crippen LogP contribution in [0.3, 0.4) is 0 Å². The number of alkyl halides is 3. The zero-order valence-corrected chi connectivity index (χ0v) is 18.9. The second kappa shape index (κ2) is 10.8. The topological polar surface area (TPSA) is 85.9 Å². The lowest BCUT2D eigenvalue weighted by Crippen LogP contribution is -2.55. The molecule has 1 atom stereocenters. The van der Waals surface area contributed by atoms with Gasteiger partial charge >= 0.3 is 6.18 Å². The number of hydrogen-bond acceptors (Lipinski definition) is 5.